The lowest BCUT2D eigenvalue weighted by atomic mass is 9.96. The quantitative estimate of drug-likeness (QED) is 0.889. The molecule has 1 aromatic heterocycles. The zero-order chi connectivity index (χ0) is 11.5. The van der Waals surface area contributed by atoms with E-state index in [1.807, 2.05) is 0 Å². The molecule has 0 aliphatic heterocycles. The van der Waals surface area contributed by atoms with Gasteiger partial charge < -0.3 is 10.6 Å². The first-order valence-electron chi connectivity index (χ1n) is 5.78. The molecule has 0 saturated carbocycles. The molecule has 0 unspecified atom stereocenters. The summed E-state index contributed by atoms with van der Waals surface area (Å²) in [5.41, 5.74) is 2.76. The van der Waals surface area contributed by atoms with Crippen molar-refractivity contribution in [2.75, 3.05) is 18.9 Å². The first kappa shape index (κ1) is 14.5. The van der Waals surface area contributed by atoms with E-state index in [4.69, 9.17) is 0 Å². The van der Waals surface area contributed by atoms with Crippen molar-refractivity contribution in [1.82, 2.24) is 5.32 Å². The SMILES string of the molecule is CNCC(=O)Nc1sc2c(c1C)CCCC2.Cl. The number of hydrogen-bond acceptors (Lipinski definition) is 3. The first-order chi connectivity index (χ1) is 7.72. The minimum Gasteiger partial charge on any atom is -0.316 e. The summed E-state index contributed by atoms with van der Waals surface area (Å²) in [5.74, 6) is 0.0456. The van der Waals surface area contributed by atoms with Crippen LogP contribution in [0.3, 0.4) is 0 Å². The molecule has 1 amide bonds. The Hall–Kier alpha value is -0.580. The van der Waals surface area contributed by atoms with Crippen LogP contribution >= 0.6 is 23.7 Å². The summed E-state index contributed by atoms with van der Waals surface area (Å²) in [4.78, 5) is 13.0. The summed E-state index contributed by atoms with van der Waals surface area (Å²) in [6.07, 6.45) is 4.94. The second-order valence-electron chi connectivity index (χ2n) is 4.24. The van der Waals surface area contributed by atoms with E-state index in [0.717, 1.165) is 5.00 Å². The van der Waals surface area contributed by atoms with Gasteiger partial charge in [-0.25, -0.2) is 0 Å². The molecule has 2 rings (SSSR count). The van der Waals surface area contributed by atoms with Crippen LogP contribution in [-0.2, 0) is 17.6 Å². The number of aryl methyl sites for hydroxylation is 1. The number of carbonyl (C=O) groups is 1. The van der Waals surface area contributed by atoms with Crippen molar-refractivity contribution in [3.8, 4) is 0 Å². The highest BCUT2D eigenvalue weighted by molar-refractivity contribution is 7.16. The highest BCUT2D eigenvalue weighted by Gasteiger charge is 2.18. The zero-order valence-electron chi connectivity index (χ0n) is 10.3. The Kier molecular flexibility index (Phi) is 5.43. The molecule has 5 heteroatoms. The van der Waals surface area contributed by atoms with Gasteiger partial charge in [-0.05, 0) is 50.8 Å². The van der Waals surface area contributed by atoms with Gasteiger partial charge in [0, 0.05) is 4.88 Å². The number of halogens is 1. The zero-order valence-corrected chi connectivity index (χ0v) is 11.9. The van der Waals surface area contributed by atoms with Crippen LogP contribution in [0.25, 0.3) is 0 Å². The molecule has 0 aromatic carbocycles. The summed E-state index contributed by atoms with van der Waals surface area (Å²) in [7, 11) is 1.78. The van der Waals surface area contributed by atoms with E-state index >= 15 is 0 Å². The van der Waals surface area contributed by atoms with E-state index in [9.17, 15) is 4.79 Å². The fourth-order valence-electron chi connectivity index (χ4n) is 2.17. The third-order valence-electron chi connectivity index (χ3n) is 3.03. The third kappa shape index (κ3) is 3.21. The fraction of sp³-hybridized carbons (Fsp3) is 0.583. The average Bonchev–Trinajstić information content (AvgIpc) is 2.57. The van der Waals surface area contributed by atoms with Gasteiger partial charge in [0.1, 0.15) is 0 Å². The number of hydrogen-bond donors (Lipinski definition) is 2. The van der Waals surface area contributed by atoms with E-state index in [-0.39, 0.29) is 18.3 Å². The molecular weight excluding hydrogens is 256 g/mol. The molecule has 0 atom stereocenters. The number of thiophene rings is 1. The van der Waals surface area contributed by atoms with Gasteiger partial charge in [-0.1, -0.05) is 0 Å². The van der Waals surface area contributed by atoms with Gasteiger partial charge in [-0.3, -0.25) is 4.79 Å². The maximum atomic E-state index is 11.5. The van der Waals surface area contributed by atoms with Gasteiger partial charge in [0.2, 0.25) is 5.91 Å². The summed E-state index contributed by atoms with van der Waals surface area (Å²) >= 11 is 1.76. The number of fused-ring (bicyclic) bond motifs is 1. The highest BCUT2D eigenvalue weighted by atomic mass is 35.5. The molecule has 1 heterocycles. The lowest BCUT2D eigenvalue weighted by Gasteiger charge is -2.10. The Morgan fingerprint density at radius 3 is 2.71 bits per heavy atom. The predicted molar refractivity (Wildman–Crippen MR) is 75.5 cm³/mol. The van der Waals surface area contributed by atoms with E-state index in [0.29, 0.717) is 6.54 Å². The Morgan fingerprint density at radius 2 is 2.06 bits per heavy atom. The van der Waals surface area contributed by atoms with Crippen LogP contribution in [-0.4, -0.2) is 19.5 Å². The predicted octanol–water partition coefficient (Wildman–Crippen LogP) is 2.52. The second-order valence-corrected chi connectivity index (χ2v) is 5.35. The van der Waals surface area contributed by atoms with Crippen molar-refractivity contribution in [1.29, 1.82) is 0 Å². The van der Waals surface area contributed by atoms with Crippen LogP contribution in [0.15, 0.2) is 0 Å². The summed E-state index contributed by atoms with van der Waals surface area (Å²) < 4.78 is 0. The van der Waals surface area contributed by atoms with Crippen molar-refractivity contribution in [3.05, 3.63) is 16.0 Å². The van der Waals surface area contributed by atoms with Crippen molar-refractivity contribution >= 4 is 34.7 Å². The largest absolute Gasteiger partial charge is 0.316 e. The van der Waals surface area contributed by atoms with E-state index in [2.05, 4.69) is 17.6 Å². The smallest absolute Gasteiger partial charge is 0.238 e. The Morgan fingerprint density at radius 1 is 1.35 bits per heavy atom. The van der Waals surface area contributed by atoms with E-state index in [1.54, 1.807) is 18.4 Å². The topological polar surface area (TPSA) is 41.1 Å². The Bertz CT molecular complexity index is 403. The lowest BCUT2D eigenvalue weighted by Crippen LogP contribution is -2.24. The standard InChI is InChI=1S/C12H18N2OS.ClH/c1-8-9-5-3-4-6-10(9)16-12(8)14-11(15)7-13-2;/h13H,3-7H2,1-2H3,(H,14,15);1H. The molecule has 3 nitrogen and oxygen atoms in total. The average molecular weight is 275 g/mol. The number of nitrogens with one attached hydrogen (secondary N) is 2. The number of anilines is 1. The van der Waals surface area contributed by atoms with Gasteiger partial charge in [0.25, 0.3) is 0 Å². The number of rotatable bonds is 3. The molecular formula is C12H19ClN2OS. The molecule has 17 heavy (non-hydrogen) atoms. The van der Waals surface area contributed by atoms with Crippen LogP contribution in [0.1, 0.15) is 28.8 Å². The molecule has 2 N–H and O–H groups in total. The molecule has 0 bridgehead atoms. The summed E-state index contributed by atoms with van der Waals surface area (Å²) in [6, 6.07) is 0. The molecule has 1 aliphatic carbocycles. The van der Waals surface area contributed by atoms with Crippen LogP contribution < -0.4 is 10.6 Å². The number of likely N-dealkylation sites (N-methyl/N-ethyl adjacent to an activating group) is 1. The van der Waals surface area contributed by atoms with Crippen molar-refractivity contribution in [2.45, 2.75) is 32.6 Å². The van der Waals surface area contributed by atoms with Gasteiger partial charge in [-0.15, -0.1) is 23.7 Å². The van der Waals surface area contributed by atoms with E-state index in [1.165, 1.54) is 41.7 Å². The van der Waals surface area contributed by atoms with Gasteiger partial charge >= 0.3 is 0 Å². The normalized spacial score (nSPS) is 13.8. The first-order valence-corrected chi connectivity index (χ1v) is 6.59. The molecule has 1 aliphatic rings. The lowest BCUT2D eigenvalue weighted by molar-refractivity contribution is -0.115. The maximum absolute atomic E-state index is 11.5. The third-order valence-corrected chi connectivity index (χ3v) is 4.34. The minimum atomic E-state index is 0. The Balaban J connectivity index is 0.00000144. The molecule has 0 spiro atoms. The van der Waals surface area contributed by atoms with Crippen LogP contribution in [0, 0.1) is 6.92 Å². The number of amides is 1. The molecule has 0 saturated heterocycles. The van der Waals surface area contributed by atoms with Crippen LogP contribution in [0.4, 0.5) is 5.00 Å². The maximum Gasteiger partial charge on any atom is 0.238 e. The van der Waals surface area contributed by atoms with Gasteiger partial charge in [0.15, 0.2) is 0 Å². The molecule has 0 radical (unpaired) electrons. The Labute approximate surface area is 112 Å². The highest BCUT2D eigenvalue weighted by Crippen LogP contribution is 2.37. The van der Waals surface area contributed by atoms with Crippen LogP contribution in [0.5, 0.6) is 0 Å². The molecule has 1 aromatic rings. The van der Waals surface area contributed by atoms with Crippen molar-refractivity contribution in [3.63, 3.8) is 0 Å². The molecule has 96 valence electrons. The molecule has 0 fully saturated rings. The summed E-state index contributed by atoms with van der Waals surface area (Å²) in [6.45, 7) is 2.50. The van der Waals surface area contributed by atoms with Crippen LogP contribution in [0.2, 0.25) is 0 Å². The number of carbonyl (C=O) groups excluding carboxylic acids is 1. The minimum absolute atomic E-state index is 0. The van der Waals surface area contributed by atoms with Crippen molar-refractivity contribution < 1.29 is 4.79 Å². The van der Waals surface area contributed by atoms with E-state index < -0.39 is 0 Å². The summed E-state index contributed by atoms with van der Waals surface area (Å²) in [5, 5.41) is 6.90. The second kappa shape index (κ2) is 6.38. The van der Waals surface area contributed by atoms with Crippen molar-refractivity contribution in [2.24, 2.45) is 0 Å². The van der Waals surface area contributed by atoms with Gasteiger partial charge in [0.05, 0.1) is 11.5 Å². The fourth-order valence-corrected chi connectivity index (χ4v) is 3.49. The monoisotopic (exact) mass is 274 g/mol. The van der Waals surface area contributed by atoms with Gasteiger partial charge in [-0.2, -0.15) is 0 Å².